The van der Waals surface area contributed by atoms with Gasteiger partial charge >= 0.3 is 17.9 Å². The van der Waals surface area contributed by atoms with Gasteiger partial charge in [0.25, 0.3) is 0 Å². The van der Waals surface area contributed by atoms with E-state index in [9.17, 15) is 24.3 Å². The summed E-state index contributed by atoms with van der Waals surface area (Å²) in [5, 5.41) is 9.69. The Morgan fingerprint density at radius 1 is 0.707 bits per heavy atom. The van der Waals surface area contributed by atoms with Crippen LogP contribution in [0.2, 0.25) is 0 Å². The molecule has 1 N–H and O–H groups in total. The van der Waals surface area contributed by atoms with Crippen LogP contribution in [0.5, 0.6) is 5.75 Å². The summed E-state index contributed by atoms with van der Waals surface area (Å²) in [6, 6.07) is 25.5. The summed E-state index contributed by atoms with van der Waals surface area (Å²) in [4.78, 5) is 51.1. The molecule has 1 fully saturated rings. The Balaban J connectivity index is 1.49. The first kappa shape index (κ1) is 27.4. The quantitative estimate of drug-likeness (QED) is 0.249. The van der Waals surface area contributed by atoms with Crippen LogP contribution < -0.4 is 5.43 Å². The zero-order valence-corrected chi connectivity index (χ0v) is 21.5. The number of hydrogen-bond donors (Lipinski definition) is 1. The Hall–Kier alpha value is -5.22. The third kappa shape index (κ3) is 6.34. The number of aromatic hydroxyl groups is 1. The van der Waals surface area contributed by atoms with Crippen LogP contribution in [-0.4, -0.2) is 47.9 Å². The van der Waals surface area contributed by atoms with Gasteiger partial charge in [-0.15, -0.1) is 0 Å². The van der Waals surface area contributed by atoms with Crippen molar-refractivity contribution in [3.05, 3.63) is 136 Å². The second kappa shape index (κ2) is 12.3. The Labute approximate surface area is 233 Å². The van der Waals surface area contributed by atoms with E-state index in [-0.39, 0.29) is 22.5 Å². The van der Waals surface area contributed by atoms with E-state index in [1.807, 2.05) is 0 Å². The Morgan fingerprint density at radius 2 is 1.20 bits per heavy atom. The number of rotatable bonds is 8. The van der Waals surface area contributed by atoms with Crippen LogP contribution in [0.1, 0.15) is 42.9 Å². The van der Waals surface area contributed by atoms with Gasteiger partial charge in [-0.05, 0) is 36.4 Å². The highest BCUT2D eigenvalue weighted by atomic mass is 16.7. The molecule has 208 valence electrons. The van der Waals surface area contributed by atoms with Crippen molar-refractivity contribution in [3.8, 4) is 5.75 Å². The maximum Gasteiger partial charge on any atom is 0.338 e. The molecule has 1 saturated heterocycles. The lowest BCUT2D eigenvalue weighted by Crippen LogP contribution is -2.40. The summed E-state index contributed by atoms with van der Waals surface area (Å²) < 4.78 is 28.6. The fraction of sp³-hybridized carbons (Fsp3) is 0.161. The first-order valence-corrected chi connectivity index (χ1v) is 12.6. The van der Waals surface area contributed by atoms with Crippen molar-refractivity contribution in [2.45, 2.75) is 24.4 Å². The first-order chi connectivity index (χ1) is 19.9. The molecule has 1 aliphatic rings. The topological polar surface area (TPSA) is 139 Å². The molecule has 0 aliphatic carbocycles. The molecule has 4 atom stereocenters. The van der Waals surface area contributed by atoms with Crippen molar-refractivity contribution in [1.29, 1.82) is 0 Å². The Bertz CT molecular complexity index is 1570. The molecule has 0 spiro atoms. The number of ether oxygens (including phenoxy) is 4. The predicted octanol–water partition coefficient (Wildman–Crippen LogP) is 4.09. The summed E-state index contributed by atoms with van der Waals surface area (Å²) in [5.74, 6) is -2.89. The van der Waals surface area contributed by atoms with Crippen LogP contribution in [0, 0.1) is 0 Å². The van der Waals surface area contributed by atoms with E-state index in [4.69, 9.17) is 23.4 Å². The predicted molar refractivity (Wildman–Crippen MR) is 142 cm³/mol. The summed E-state index contributed by atoms with van der Waals surface area (Å²) in [5.41, 5.74) is -0.0398. The van der Waals surface area contributed by atoms with Crippen LogP contribution in [0.4, 0.5) is 0 Å². The molecule has 0 unspecified atom stereocenters. The molecule has 41 heavy (non-hydrogen) atoms. The van der Waals surface area contributed by atoms with Crippen LogP contribution in [0.15, 0.2) is 113 Å². The standard InChI is InChI=1S/C31H24O10/c32-22-16-24(37-17-23(22)33)26-28(41-31(36)21-14-8-3-9-15-21)27(40-30(35)20-12-6-2-7-13-20)25(39-26)18-38-29(34)19-10-4-1-5-11-19/h1-17,25-28,33H,18H2/t25-,26+,27-,28+/m1/s1. The lowest BCUT2D eigenvalue weighted by molar-refractivity contribution is -0.0464. The van der Waals surface area contributed by atoms with Crippen molar-refractivity contribution in [2.24, 2.45) is 0 Å². The lowest BCUT2D eigenvalue weighted by atomic mass is 10.0. The van der Waals surface area contributed by atoms with E-state index in [1.165, 1.54) is 12.1 Å². The average Bonchev–Trinajstić information content (AvgIpc) is 3.34. The van der Waals surface area contributed by atoms with Gasteiger partial charge in [0.05, 0.1) is 16.7 Å². The Morgan fingerprint density at radius 3 is 1.71 bits per heavy atom. The van der Waals surface area contributed by atoms with Gasteiger partial charge in [0.2, 0.25) is 5.43 Å². The van der Waals surface area contributed by atoms with Gasteiger partial charge in [-0.3, -0.25) is 4.79 Å². The normalized spacial score (nSPS) is 19.7. The van der Waals surface area contributed by atoms with Crippen molar-refractivity contribution in [1.82, 2.24) is 0 Å². The van der Waals surface area contributed by atoms with Crippen molar-refractivity contribution in [2.75, 3.05) is 6.61 Å². The number of hydrogen-bond acceptors (Lipinski definition) is 10. The molecule has 0 radical (unpaired) electrons. The molecule has 10 nitrogen and oxygen atoms in total. The summed E-state index contributed by atoms with van der Waals surface area (Å²) in [6.45, 7) is -0.390. The fourth-order valence-corrected chi connectivity index (χ4v) is 4.28. The Kier molecular flexibility index (Phi) is 8.21. The number of carbonyl (C=O) groups is 3. The zero-order chi connectivity index (χ0) is 28.8. The van der Waals surface area contributed by atoms with E-state index >= 15 is 0 Å². The molecule has 2 heterocycles. The minimum Gasteiger partial charge on any atom is -0.502 e. The van der Waals surface area contributed by atoms with Gasteiger partial charge in [0, 0.05) is 6.07 Å². The minimum atomic E-state index is -1.33. The highest BCUT2D eigenvalue weighted by molar-refractivity contribution is 5.91. The monoisotopic (exact) mass is 556 g/mol. The molecule has 0 amide bonds. The van der Waals surface area contributed by atoms with Crippen molar-refractivity contribution in [3.63, 3.8) is 0 Å². The van der Waals surface area contributed by atoms with Crippen molar-refractivity contribution < 1.29 is 42.9 Å². The molecular formula is C31H24O10. The molecule has 1 aliphatic heterocycles. The maximum atomic E-state index is 13.1. The average molecular weight is 557 g/mol. The molecule has 0 saturated carbocycles. The number of benzene rings is 3. The van der Waals surface area contributed by atoms with Gasteiger partial charge in [-0.25, -0.2) is 14.4 Å². The van der Waals surface area contributed by atoms with E-state index < -0.39 is 60.1 Å². The second-order valence-corrected chi connectivity index (χ2v) is 9.06. The highest BCUT2D eigenvalue weighted by Gasteiger charge is 2.52. The molecule has 10 heteroatoms. The fourth-order valence-electron chi connectivity index (χ4n) is 4.28. The SMILES string of the molecule is O=C(OC[C@H]1O[C@@H](c2cc(=O)c(O)co2)[C@H](OC(=O)c2ccccc2)[C@@H]1OC(=O)c1ccccc1)c1ccccc1. The molecular weight excluding hydrogens is 532 g/mol. The van der Waals surface area contributed by atoms with Crippen LogP contribution in [0.3, 0.4) is 0 Å². The van der Waals surface area contributed by atoms with Crippen molar-refractivity contribution >= 4 is 17.9 Å². The summed E-state index contributed by atoms with van der Waals surface area (Å²) in [7, 11) is 0. The van der Waals surface area contributed by atoms with Gasteiger partial charge in [-0.2, -0.15) is 0 Å². The smallest absolute Gasteiger partial charge is 0.338 e. The lowest BCUT2D eigenvalue weighted by Gasteiger charge is -2.24. The summed E-state index contributed by atoms with van der Waals surface area (Å²) in [6.07, 6.45) is -4.19. The number of esters is 3. The minimum absolute atomic E-state index is 0.101. The van der Waals surface area contributed by atoms with Crippen LogP contribution in [-0.2, 0) is 18.9 Å². The largest absolute Gasteiger partial charge is 0.502 e. The third-order valence-corrected chi connectivity index (χ3v) is 6.32. The van der Waals surface area contributed by atoms with Gasteiger partial charge in [-0.1, -0.05) is 54.6 Å². The van der Waals surface area contributed by atoms with E-state index in [0.29, 0.717) is 0 Å². The van der Waals surface area contributed by atoms with E-state index in [0.717, 1.165) is 12.3 Å². The third-order valence-electron chi connectivity index (χ3n) is 6.32. The van der Waals surface area contributed by atoms with Gasteiger partial charge in [0.15, 0.2) is 24.1 Å². The first-order valence-electron chi connectivity index (χ1n) is 12.6. The molecule has 1 aromatic heterocycles. The van der Waals surface area contributed by atoms with E-state index in [2.05, 4.69) is 0 Å². The van der Waals surface area contributed by atoms with Crippen LogP contribution in [0.25, 0.3) is 0 Å². The molecule has 5 rings (SSSR count). The highest BCUT2D eigenvalue weighted by Crippen LogP contribution is 2.38. The van der Waals surface area contributed by atoms with Gasteiger partial charge in [0.1, 0.15) is 24.7 Å². The summed E-state index contributed by atoms with van der Waals surface area (Å²) >= 11 is 0. The molecule has 3 aromatic carbocycles. The van der Waals surface area contributed by atoms with Gasteiger partial charge < -0.3 is 28.5 Å². The number of carbonyl (C=O) groups excluding carboxylic acids is 3. The zero-order valence-electron chi connectivity index (χ0n) is 21.5. The van der Waals surface area contributed by atoms with Crippen LogP contribution >= 0.6 is 0 Å². The maximum absolute atomic E-state index is 13.1. The van der Waals surface area contributed by atoms with E-state index in [1.54, 1.807) is 78.9 Å². The second-order valence-electron chi connectivity index (χ2n) is 9.06. The molecule has 0 bridgehead atoms. The molecule has 4 aromatic rings.